The third-order valence-electron chi connectivity index (χ3n) is 3.52. The Labute approximate surface area is 122 Å². The number of hydrogen-bond donors (Lipinski definition) is 2. The van der Waals surface area contributed by atoms with Crippen LogP contribution < -0.4 is 11.1 Å². The number of fused-ring (bicyclic) bond motifs is 1. The number of amides is 1. The van der Waals surface area contributed by atoms with Crippen molar-refractivity contribution >= 4 is 28.2 Å². The summed E-state index contributed by atoms with van der Waals surface area (Å²) >= 11 is 0. The van der Waals surface area contributed by atoms with E-state index in [1.165, 1.54) is 0 Å². The Morgan fingerprint density at radius 3 is 2.76 bits per heavy atom. The minimum atomic E-state index is -0.165. The molecule has 0 saturated carbocycles. The monoisotopic (exact) mass is 277 g/mol. The summed E-state index contributed by atoms with van der Waals surface area (Å²) in [6, 6.07) is 14.8. The van der Waals surface area contributed by atoms with Crippen molar-refractivity contribution in [2.45, 2.75) is 6.92 Å². The number of nitrogens with zero attached hydrogens (tertiary/aromatic N) is 1. The van der Waals surface area contributed by atoms with Crippen molar-refractivity contribution in [2.75, 3.05) is 11.1 Å². The molecule has 0 saturated heterocycles. The molecule has 0 aliphatic carbocycles. The highest BCUT2D eigenvalue weighted by molar-refractivity contribution is 6.12. The van der Waals surface area contributed by atoms with Gasteiger partial charge in [0, 0.05) is 23.0 Å². The summed E-state index contributed by atoms with van der Waals surface area (Å²) in [6.45, 7) is 1.88. The number of nitrogen functional groups attached to an aromatic ring is 1. The SMILES string of the molecule is Cc1c(N)cccc1NC(=O)c1ccnc2ccccc12. The van der Waals surface area contributed by atoms with Gasteiger partial charge in [0.15, 0.2) is 0 Å². The summed E-state index contributed by atoms with van der Waals surface area (Å²) in [5, 5.41) is 3.75. The average molecular weight is 277 g/mol. The molecule has 0 aliphatic rings. The van der Waals surface area contributed by atoms with Crippen molar-refractivity contribution in [3.05, 3.63) is 65.9 Å². The Bertz CT molecular complexity index is 822. The number of aromatic nitrogens is 1. The molecule has 1 aromatic heterocycles. The van der Waals surface area contributed by atoms with E-state index >= 15 is 0 Å². The summed E-state index contributed by atoms with van der Waals surface area (Å²) in [7, 11) is 0. The lowest BCUT2D eigenvalue weighted by molar-refractivity contribution is 0.102. The molecule has 0 radical (unpaired) electrons. The summed E-state index contributed by atoms with van der Waals surface area (Å²) in [5.41, 5.74) is 9.51. The molecule has 104 valence electrons. The molecule has 3 N–H and O–H groups in total. The van der Waals surface area contributed by atoms with Gasteiger partial charge in [0.25, 0.3) is 5.91 Å². The van der Waals surface area contributed by atoms with Gasteiger partial charge in [-0.2, -0.15) is 0 Å². The maximum atomic E-state index is 12.5. The van der Waals surface area contributed by atoms with Gasteiger partial charge in [-0.25, -0.2) is 0 Å². The van der Waals surface area contributed by atoms with E-state index in [1.54, 1.807) is 12.3 Å². The molecule has 0 fully saturated rings. The van der Waals surface area contributed by atoms with Gasteiger partial charge < -0.3 is 11.1 Å². The maximum Gasteiger partial charge on any atom is 0.256 e. The molecule has 1 amide bonds. The van der Waals surface area contributed by atoms with E-state index in [9.17, 15) is 4.79 Å². The van der Waals surface area contributed by atoms with Crippen LogP contribution in [0.3, 0.4) is 0 Å². The predicted octanol–water partition coefficient (Wildman–Crippen LogP) is 3.38. The van der Waals surface area contributed by atoms with E-state index < -0.39 is 0 Å². The standard InChI is InChI=1S/C17H15N3O/c1-11-14(18)6-4-8-15(11)20-17(21)13-9-10-19-16-7-3-2-5-12(13)16/h2-10H,18H2,1H3,(H,20,21). The summed E-state index contributed by atoms with van der Waals surface area (Å²) in [6.07, 6.45) is 1.64. The highest BCUT2D eigenvalue weighted by Gasteiger charge is 2.12. The first-order chi connectivity index (χ1) is 10.2. The van der Waals surface area contributed by atoms with E-state index in [2.05, 4.69) is 10.3 Å². The van der Waals surface area contributed by atoms with Gasteiger partial charge in [-0.15, -0.1) is 0 Å². The van der Waals surface area contributed by atoms with E-state index in [0.717, 1.165) is 22.2 Å². The van der Waals surface area contributed by atoms with Crippen LogP contribution in [0.2, 0.25) is 0 Å². The molecule has 3 aromatic rings. The minimum absolute atomic E-state index is 0.165. The molecular formula is C17H15N3O. The van der Waals surface area contributed by atoms with Gasteiger partial charge in [0.05, 0.1) is 11.1 Å². The Morgan fingerprint density at radius 1 is 1.10 bits per heavy atom. The Kier molecular flexibility index (Phi) is 3.28. The van der Waals surface area contributed by atoms with E-state index in [4.69, 9.17) is 5.73 Å². The molecule has 0 bridgehead atoms. The Balaban J connectivity index is 2.00. The second-order valence-corrected chi connectivity index (χ2v) is 4.85. The first kappa shape index (κ1) is 13.1. The fourth-order valence-corrected chi connectivity index (χ4v) is 2.27. The first-order valence-corrected chi connectivity index (χ1v) is 6.67. The number of hydrogen-bond acceptors (Lipinski definition) is 3. The molecule has 4 nitrogen and oxygen atoms in total. The number of pyridine rings is 1. The zero-order chi connectivity index (χ0) is 14.8. The van der Waals surface area contributed by atoms with Gasteiger partial charge in [0.2, 0.25) is 0 Å². The number of benzene rings is 2. The first-order valence-electron chi connectivity index (χ1n) is 6.67. The predicted molar refractivity (Wildman–Crippen MR) is 85.3 cm³/mol. The zero-order valence-corrected chi connectivity index (χ0v) is 11.6. The smallest absolute Gasteiger partial charge is 0.256 e. The Hall–Kier alpha value is -2.88. The molecule has 0 atom stereocenters. The number of carbonyl (C=O) groups excluding carboxylic acids is 1. The van der Waals surface area contributed by atoms with Gasteiger partial charge in [0.1, 0.15) is 0 Å². The van der Waals surface area contributed by atoms with Gasteiger partial charge in [-0.05, 0) is 36.8 Å². The molecule has 0 spiro atoms. The average Bonchev–Trinajstić information content (AvgIpc) is 2.51. The van der Waals surface area contributed by atoms with Gasteiger partial charge in [-0.3, -0.25) is 9.78 Å². The molecule has 21 heavy (non-hydrogen) atoms. The number of anilines is 2. The van der Waals surface area contributed by atoms with Crippen LogP contribution in [0.4, 0.5) is 11.4 Å². The van der Waals surface area contributed by atoms with Crippen molar-refractivity contribution in [3.8, 4) is 0 Å². The summed E-state index contributed by atoms with van der Waals surface area (Å²) in [5.74, 6) is -0.165. The largest absolute Gasteiger partial charge is 0.398 e. The van der Waals surface area contributed by atoms with Crippen LogP contribution in [0.1, 0.15) is 15.9 Å². The van der Waals surface area contributed by atoms with Crippen molar-refractivity contribution in [2.24, 2.45) is 0 Å². The van der Waals surface area contributed by atoms with E-state index in [-0.39, 0.29) is 5.91 Å². The van der Waals surface area contributed by atoms with Crippen molar-refractivity contribution in [1.29, 1.82) is 0 Å². The maximum absolute atomic E-state index is 12.5. The highest BCUT2D eigenvalue weighted by atomic mass is 16.1. The molecule has 2 aromatic carbocycles. The highest BCUT2D eigenvalue weighted by Crippen LogP contribution is 2.22. The van der Waals surface area contributed by atoms with Gasteiger partial charge in [-0.1, -0.05) is 24.3 Å². The van der Waals surface area contributed by atoms with Crippen LogP contribution in [0.25, 0.3) is 10.9 Å². The summed E-state index contributed by atoms with van der Waals surface area (Å²) < 4.78 is 0. The number of rotatable bonds is 2. The normalized spacial score (nSPS) is 10.5. The van der Waals surface area contributed by atoms with Crippen LogP contribution in [0.15, 0.2) is 54.7 Å². The van der Waals surface area contributed by atoms with Crippen LogP contribution in [0, 0.1) is 6.92 Å². The molecule has 4 heteroatoms. The zero-order valence-electron chi connectivity index (χ0n) is 11.6. The Morgan fingerprint density at radius 2 is 1.90 bits per heavy atom. The summed E-state index contributed by atoms with van der Waals surface area (Å²) in [4.78, 5) is 16.8. The van der Waals surface area contributed by atoms with E-state index in [1.807, 2.05) is 49.4 Å². The number of nitrogens with two attached hydrogens (primary N) is 1. The molecule has 3 rings (SSSR count). The second kappa shape index (κ2) is 5.25. The lowest BCUT2D eigenvalue weighted by Crippen LogP contribution is -2.13. The van der Waals surface area contributed by atoms with Crippen LogP contribution >= 0.6 is 0 Å². The van der Waals surface area contributed by atoms with Crippen molar-refractivity contribution in [3.63, 3.8) is 0 Å². The molecule has 1 heterocycles. The second-order valence-electron chi connectivity index (χ2n) is 4.85. The molecule has 0 aliphatic heterocycles. The van der Waals surface area contributed by atoms with E-state index in [0.29, 0.717) is 11.3 Å². The van der Waals surface area contributed by atoms with Crippen LogP contribution in [-0.2, 0) is 0 Å². The lowest BCUT2D eigenvalue weighted by atomic mass is 10.1. The quantitative estimate of drug-likeness (QED) is 0.706. The number of nitrogens with one attached hydrogen (secondary N) is 1. The number of carbonyl (C=O) groups is 1. The third-order valence-corrected chi connectivity index (χ3v) is 3.52. The third kappa shape index (κ3) is 2.43. The molecule has 0 unspecified atom stereocenters. The molecular weight excluding hydrogens is 262 g/mol. The topological polar surface area (TPSA) is 68.0 Å². The lowest BCUT2D eigenvalue weighted by Gasteiger charge is -2.11. The van der Waals surface area contributed by atoms with Crippen LogP contribution in [0.5, 0.6) is 0 Å². The fourth-order valence-electron chi connectivity index (χ4n) is 2.27. The van der Waals surface area contributed by atoms with Gasteiger partial charge >= 0.3 is 0 Å². The van der Waals surface area contributed by atoms with Crippen LogP contribution in [-0.4, -0.2) is 10.9 Å². The van der Waals surface area contributed by atoms with Crippen molar-refractivity contribution in [1.82, 2.24) is 4.98 Å². The fraction of sp³-hybridized carbons (Fsp3) is 0.0588. The minimum Gasteiger partial charge on any atom is -0.398 e. The number of para-hydroxylation sites is 1. The van der Waals surface area contributed by atoms with Crippen molar-refractivity contribution < 1.29 is 4.79 Å².